The van der Waals surface area contributed by atoms with E-state index < -0.39 is 0 Å². The second-order valence-corrected chi connectivity index (χ2v) is 8.57. The number of aliphatic hydroxyl groups is 1. The fraction of sp³-hybridized carbons (Fsp3) is 0.375. The highest BCUT2D eigenvalue weighted by Gasteiger charge is 2.24. The number of hydrogen-bond acceptors (Lipinski definition) is 6. The van der Waals surface area contributed by atoms with Gasteiger partial charge in [-0.3, -0.25) is 4.79 Å². The molecule has 1 amide bonds. The molecule has 8 heteroatoms. The van der Waals surface area contributed by atoms with Crippen molar-refractivity contribution in [3.05, 3.63) is 64.6 Å². The van der Waals surface area contributed by atoms with E-state index in [9.17, 15) is 9.90 Å². The number of nitrogens with one attached hydrogen (secondary N) is 1. The van der Waals surface area contributed by atoms with Gasteiger partial charge in [0.15, 0.2) is 12.4 Å². The summed E-state index contributed by atoms with van der Waals surface area (Å²) in [6.07, 6.45) is 4.96. The summed E-state index contributed by atoms with van der Waals surface area (Å²) in [6.45, 7) is 2.45. The maximum Gasteiger partial charge on any atom is 0.252 e. The Morgan fingerprint density at radius 2 is 2.03 bits per heavy atom. The Kier molecular flexibility index (Phi) is 7.07. The van der Waals surface area contributed by atoms with Crippen LogP contribution < -0.4 is 10.1 Å². The number of nitrogens with zero attached hydrogens (tertiary/aromatic N) is 2. The van der Waals surface area contributed by atoms with Crippen LogP contribution in [0.2, 0.25) is 5.02 Å². The molecule has 0 bridgehead atoms. The molecular formula is C24H26ClN3O4. The number of ether oxygens (including phenoxy) is 1. The minimum atomic E-state index is -0.359. The molecule has 0 spiro atoms. The quantitative estimate of drug-likeness (QED) is 0.542. The summed E-state index contributed by atoms with van der Waals surface area (Å²) < 4.78 is 11.1. The zero-order valence-corrected chi connectivity index (χ0v) is 18.6. The number of halogens is 1. The first-order valence-electron chi connectivity index (χ1n) is 10.8. The van der Waals surface area contributed by atoms with Crippen LogP contribution in [0.1, 0.15) is 47.5 Å². The minimum absolute atomic E-state index is 0.0874. The number of pyridine rings is 1. The zero-order valence-electron chi connectivity index (χ0n) is 17.9. The smallest absolute Gasteiger partial charge is 0.252 e. The van der Waals surface area contributed by atoms with Crippen molar-refractivity contribution in [3.8, 4) is 17.0 Å². The van der Waals surface area contributed by atoms with Gasteiger partial charge in [-0.1, -0.05) is 41.7 Å². The standard InChI is InChI=1S/C24H26ClN3O4/c1-15-10-20(32-28-15)14-31-24-21(16-6-8-19(25)9-7-16)11-18(13-27-24)23(30)26-12-17-4-2-3-5-22(17)29/h6-11,13,17,22,29H,2-5,12,14H2,1H3,(H,26,30)/t17-,22-/m0/s1. The molecule has 2 heterocycles. The van der Waals surface area contributed by atoms with Gasteiger partial charge >= 0.3 is 0 Å². The van der Waals surface area contributed by atoms with Crippen LogP contribution in [0.4, 0.5) is 0 Å². The van der Waals surface area contributed by atoms with Crippen molar-refractivity contribution >= 4 is 17.5 Å². The summed E-state index contributed by atoms with van der Waals surface area (Å²) >= 11 is 6.04. The third-order valence-electron chi connectivity index (χ3n) is 5.69. The maximum atomic E-state index is 12.8. The summed E-state index contributed by atoms with van der Waals surface area (Å²) in [5.41, 5.74) is 2.68. The predicted molar refractivity (Wildman–Crippen MR) is 121 cm³/mol. The molecule has 0 unspecified atom stereocenters. The summed E-state index contributed by atoms with van der Waals surface area (Å²) in [5.74, 6) is 0.812. The van der Waals surface area contributed by atoms with E-state index in [0.29, 0.717) is 34.3 Å². The first-order valence-corrected chi connectivity index (χ1v) is 11.1. The van der Waals surface area contributed by atoms with Crippen molar-refractivity contribution in [2.24, 2.45) is 5.92 Å². The SMILES string of the molecule is Cc1cc(COc2ncc(C(=O)NC[C@@H]3CCCC[C@@H]3O)cc2-c2ccc(Cl)cc2)on1. The minimum Gasteiger partial charge on any atom is -0.469 e. The van der Waals surface area contributed by atoms with Crippen molar-refractivity contribution in [1.29, 1.82) is 0 Å². The number of amides is 1. The van der Waals surface area contributed by atoms with E-state index in [0.717, 1.165) is 36.9 Å². The Bertz CT molecular complexity index is 1070. The second kappa shape index (κ2) is 10.1. The normalized spacial score (nSPS) is 18.3. The van der Waals surface area contributed by atoms with Crippen LogP contribution in [0, 0.1) is 12.8 Å². The maximum absolute atomic E-state index is 12.8. The number of aryl methyl sites for hydroxylation is 1. The molecule has 2 aromatic heterocycles. The Balaban J connectivity index is 1.53. The van der Waals surface area contributed by atoms with Gasteiger partial charge in [0.1, 0.15) is 0 Å². The topological polar surface area (TPSA) is 97.5 Å². The lowest BCUT2D eigenvalue weighted by molar-refractivity contribution is 0.0663. The third kappa shape index (κ3) is 5.47. The van der Waals surface area contributed by atoms with Gasteiger partial charge in [-0.2, -0.15) is 0 Å². The number of aliphatic hydroxyl groups excluding tert-OH is 1. The molecule has 2 N–H and O–H groups in total. The van der Waals surface area contributed by atoms with Crippen LogP contribution in [0.3, 0.4) is 0 Å². The zero-order chi connectivity index (χ0) is 22.5. The van der Waals surface area contributed by atoms with Gasteiger partial charge < -0.3 is 19.7 Å². The van der Waals surface area contributed by atoms with Crippen molar-refractivity contribution < 1.29 is 19.2 Å². The van der Waals surface area contributed by atoms with Gasteiger partial charge in [0.2, 0.25) is 5.88 Å². The largest absolute Gasteiger partial charge is 0.469 e. The predicted octanol–water partition coefficient (Wildman–Crippen LogP) is 4.56. The number of hydrogen-bond donors (Lipinski definition) is 2. The molecule has 1 aromatic carbocycles. The average molecular weight is 456 g/mol. The molecule has 2 atom stereocenters. The Morgan fingerprint density at radius 1 is 1.25 bits per heavy atom. The lowest BCUT2D eigenvalue weighted by atomic mass is 9.86. The van der Waals surface area contributed by atoms with Gasteiger partial charge in [-0.25, -0.2) is 4.98 Å². The van der Waals surface area contributed by atoms with E-state index in [1.165, 1.54) is 6.20 Å². The van der Waals surface area contributed by atoms with Gasteiger partial charge in [-0.15, -0.1) is 0 Å². The van der Waals surface area contributed by atoms with Gasteiger partial charge in [0, 0.05) is 35.3 Å². The molecule has 0 radical (unpaired) electrons. The van der Waals surface area contributed by atoms with Crippen LogP contribution in [0.15, 0.2) is 47.1 Å². The van der Waals surface area contributed by atoms with Crippen LogP contribution in [-0.4, -0.2) is 33.8 Å². The van der Waals surface area contributed by atoms with Crippen molar-refractivity contribution in [1.82, 2.24) is 15.5 Å². The van der Waals surface area contributed by atoms with Crippen molar-refractivity contribution in [3.63, 3.8) is 0 Å². The van der Waals surface area contributed by atoms with E-state index >= 15 is 0 Å². The Hall–Kier alpha value is -2.90. The fourth-order valence-electron chi connectivity index (χ4n) is 3.90. The van der Waals surface area contributed by atoms with Gasteiger partial charge in [0.25, 0.3) is 5.91 Å². The molecular weight excluding hydrogens is 430 g/mol. The van der Waals surface area contributed by atoms with E-state index in [2.05, 4.69) is 15.5 Å². The summed E-state index contributed by atoms with van der Waals surface area (Å²) in [4.78, 5) is 17.2. The molecule has 168 valence electrons. The molecule has 32 heavy (non-hydrogen) atoms. The molecule has 3 aromatic rings. The van der Waals surface area contributed by atoms with E-state index in [1.807, 2.05) is 19.1 Å². The number of carbonyl (C=O) groups excluding carboxylic acids is 1. The van der Waals surface area contributed by atoms with Crippen LogP contribution >= 0.6 is 11.6 Å². The molecule has 0 saturated heterocycles. The Labute approximate surface area is 191 Å². The van der Waals surface area contributed by atoms with Crippen LogP contribution in [0.5, 0.6) is 5.88 Å². The van der Waals surface area contributed by atoms with Crippen molar-refractivity contribution in [2.45, 2.75) is 45.3 Å². The highest BCUT2D eigenvalue weighted by molar-refractivity contribution is 6.30. The van der Waals surface area contributed by atoms with E-state index in [1.54, 1.807) is 24.3 Å². The van der Waals surface area contributed by atoms with Gasteiger partial charge in [0.05, 0.1) is 17.4 Å². The monoisotopic (exact) mass is 455 g/mol. The molecule has 0 aliphatic heterocycles. The van der Waals surface area contributed by atoms with E-state index in [-0.39, 0.29) is 24.5 Å². The van der Waals surface area contributed by atoms with Crippen LogP contribution in [-0.2, 0) is 6.61 Å². The first kappa shape index (κ1) is 22.3. The fourth-order valence-corrected chi connectivity index (χ4v) is 4.03. The van der Waals surface area contributed by atoms with Crippen LogP contribution in [0.25, 0.3) is 11.1 Å². The summed E-state index contributed by atoms with van der Waals surface area (Å²) in [5, 5.41) is 17.6. The first-order chi connectivity index (χ1) is 15.5. The number of aromatic nitrogens is 2. The second-order valence-electron chi connectivity index (χ2n) is 8.13. The van der Waals surface area contributed by atoms with Crippen molar-refractivity contribution in [2.75, 3.05) is 6.54 Å². The number of carbonyl (C=O) groups is 1. The number of rotatable bonds is 7. The highest BCUT2D eigenvalue weighted by Crippen LogP contribution is 2.31. The highest BCUT2D eigenvalue weighted by atomic mass is 35.5. The molecule has 1 fully saturated rings. The summed E-state index contributed by atoms with van der Waals surface area (Å²) in [6, 6.07) is 10.8. The molecule has 7 nitrogen and oxygen atoms in total. The lowest BCUT2D eigenvalue weighted by Crippen LogP contribution is -2.36. The molecule has 4 rings (SSSR count). The molecule has 1 aliphatic rings. The molecule has 1 saturated carbocycles. The summed E-state index contributed by atoms with van der Waals surface area (Å²) in [7, 11) is 0. The molecule has 1 aliphatic carbocycles. The average Bonchev–Trinajstić information content (AvgIpc) is 3.22. The third-order valence-corrected chi connectivity index (χ3v) is 5.94. The Morgan fingerprint density at radius 3 is 2.75 bits per heavy atom. The lowest BCUT2D eigenvalue weighted by Gasteiger charge is -2.27. The van der Waals surface area contributed by atoms with E-state index in [4.69, 9.17) is 20.9 Å². The number of benzene rings is 1. The van der Waals surface area contributed by atoms with Gasteiger partial charge in [-0.05, 0) is 43.5 Å².